The molecule has 0 heterocycles. The van der Waals surface area contributed by atoms with Crippen LogP contribution in [0.4, 0.5) is 0 Å². The molecule has 0 aromatic heterocycles. The van der Waals surface area contributed by atoms with Gasteiger partial charge in [-0.2, -0.15) is 0 Å². The molecule has 0 bridgehead atoms. The van der Waals surface area contributed by atoms with Crippen LogP contribution in [0.1, 0.15) is 58.8 Å². The highest BCUT2D eigenvalue weighted by Crippen LogP contribution is 2.65. The first-order chi connectivity index (χ1) is 11.4. The van der Waals surface area contributed by atoms with E-state index in [2.05, 4.69) is 19.9 Å². The highest BCUT2D eigenvalue weighted by molar-refractivity contribution is 5.98. The molecule has 0 spiro atoms. The van der Waals surface area contributed by atoms with Gasteiger partial charge in [-0.05, 0) is 78.8 Å². The van der Waals surface area contributed by atoms with E-state index in [0.717, 1.165) is 44.1 Å². The van der Waals surface area contributed by atoms with Crippen molar-refractivity contribution in [2.45, 2.75) is 58.8 Å². The first kappa shape index (κ1) is 16.3. The third-order valence-electron chi connectivity index (χ3n) is 7.99. The van der Waals surface area contributed by atoms with Gasteiger partial charge in [-0.25, -0.2) is 0 Å². The normalized spacial score (nSPS) is 44.1. The molecule has 3 nitrogen and oxygen atoms in total. The number of carbonyl (C=O) groups is 2. The van der Waals surface area contributed by atoms with Crippen LogP contribution in [0.5, 0.6) is 0 Å². The number of hydrogen-bond acceptors (Lipinski definition) is 3. The molecule has 0 amide bonds. The summed E-state index contributed by atoms with van der Waals surface area (Å²) in [7, 11) is 0. The van der Waals surface area contributed by atoms with Crippen LogP contribution in [0.15, 0.2) is 23.3 Å². The molecule has 24 heavy (non-hydrogen) atoms. The second-order valence-corrected chi connectivity index (χ2v) is 8.86. The number of aliphatic hydroxyl groups is 1. The van der Waals surface area contributed by atoms with Crippen molar-refractivity contribution in [1.82, 2.24) is 0 Å². The summed E-state index contributed by atoms with van der Waals surface area (Å²) < 4.78 is 0. The molecule has 0 aromatic rings. The number of allylic oxidation sites excluding steroid dienone is 3. The minimum atomic E-state index is -0.366. The van der Waals surface area contributed by atoms with E-state index in [1.165, 1.54) is 5.57 Å². The van der Waals surface area contributed by atoms with Crippen LogP contribution in [0.25, 0.3) is 0 Å². The van der Waals surface area contributed by atoms with E-state index >= 15 is 0 Å². The van der Waals surface area contributed by atoms with Gasteiger partial charge in [0.15, 0.2) is 11.6 Å². The van der Waals surface area contributed by atoms with E-state index < -0.39 is 0 Å². The summed E-state index contributed by atoms with van der Waals surface area (Å²) in [5.74, 6) is 2.03. The monoisotopic (exact) mass is 328 g/mol. The number of fused-ring (bicyclic) bond motifs is 5. The fourth-order valence-corrected chi connectivity index (χ4v) is 6.64. The fourth-order valence-electron chi connectivity index (χ4n) is 6.64. The third-order valence-corrected chi connectivity index (χ3v) is 7.99. The maximum Gasteiger partial charge on any atom is 0.184 e. The average molecular weight is 328 g/mol. The molecule has 1 N–H and O–H groups in total. The Labute approximate surface area is 144 Å². The van der Waals surface area contributed by atoms with Crippen LogP contribution >= 0.6 is 0 Å². The molecule has 4 aliphatic rings. The van der Waals surface area contributed by atoms with Gasteiger partial charge in [-0.1, -0.05) is 25.5 Å². The third kappa shape index (κ3) is 2.06. The maximum atomic E-state index is 12.2. The zero-order valence-electron chi connectivity index (χ0n) is 14.8. The number of hydrogen-bond donors (Lipinski definition) is 1. The predicted octanol–water partition coefficient (Wildman–Crippen LogP) is 3.62. The lowest BCUT2D eigenvalue weighted by molar-refractivity contribution is -0.121. The quantitative estimate of drug-likeness (QED) is 0.842. The lowest BCUT2D eigenvalue weighted by Gasteiger charge is -2.57. The van der Waals surface area contributed by atoms with Crippen molar-refractivity contribution in [3.63, 3.8) is 0 Å². The Balaban J connectivity index is 1.66. The summed E-state index contributed by atoms with van der Waals surface area (Å²) in [5, 5.41) is 9.32. The van der Waals surface area contributed by atoms with Crippen LogP contribution in [-0.2, 0) is 9.59 Å². The lowest BCUT2D eigenvalue weighted by Crippen LogP contribution is -2.50. The Kier molecular flexibility index (Phi) is 3.65. The molecule has 130 valence electrons. The number of rotatable bonds is 2. The van der Waals surface area contributed by atoms with Crippen LogP contribution in [-0.4, -0.2) is 23.3 Å². The average Bonchev–Trinajstić information content (AvgIpc) is 2.92. The second kappa shape index (κ2) is 5.39. The van der Waals surface area contributed by atoms with Gasteiger partial charge < -0.3 is 5.11 Å². The predicted molar refractivity (Wildman–Crippen MR) is 92.3 cm³/mol. The molecule has 5 atom stereocenters. The summed E-state index contributed by atoms with van der Waals surface area (Å²) in [6.45, 7) is 4.26. The smallest absolute Gasteiger partial charge is 0.184 e. The van der Waals surface area contributed by atoms with E-state index in [0.29, 0.717) is 30.0 Å². The van der Waals surface area contributed by atoms with Gasteiger partial charge in [-0.3, -0.25) is 9.59 Å². The van der Waals surface area contributed by atoms with Gasteiger partial charge >= 0.3 is 0 Å². The fraction of sp³-hybridized carbons (Fsp3) is 0.714. The van der Waals surface area contributed by atoms with Gasteiger partial charge in [-0.15, -0.1) is 0 Å². The van der Waals surface area contributed by atoms with E-state index in [9.17, 15) is 14.7 Å². The molecule has 0 aliphatic heterocycles. The summed E-state index contributed by atoms with van der Waals surface area (Å²) in [5.41, 5.74) is 2.41. The Hall–Kier alpha value is -1.22. The van der Waals surface area contributed by atoms with Crippen molar-refractivity contribution in [2.24, 2.45) is 28.6 Å². The number of aliphatic hydroxyl groups excluding tert-OH is 1. The summed E-state index contributed by atoms with van der Waals surface area (Å²) in [4.78, 5) is 24.1. The van der Waals surface area contributed by atoms with Crippen LogP contribution in [0.2, 0.25) is 0 Å². The van der Waals surface area contributed by atoms with Gasteiger partial charge in [0.05, 0.1) is 0 Å². The Morgan fingerprint density at radius 2 is 1.96 bits per heavy atom. The summed E-state index contributed by atoms with van der Waals surface area (Å²) in [6.07, 6.45) is 11.1. The van der Waals surface area contributed by atoms with Gasteiger partial charge in [0.1, 0.15) is 6.61 Å². The SMILES string of the molecule is C[C@]12CCC(=O)C=C1CC[C@H]1[C@H]3CC=C(C(=O)CO)[C@@]3(C)CC[C@@H]12. The van der Waals surface area contributed by atoms with Crippen molar-refractivity contribution in [3.05, 3.63) is 23.3 Å². The molecule has 0 saturated heterocycles. The molecule has 0 radical (unpaired) electrons. The minimum absolute atomic E-state index is 0.0525. The van der Waals surface area contributed by atoms with Crippen LogP contribution < -0.4 is 0 Å². The Morgan fingerprint density at radius 1 is 1.17 bits per heavy atom. The lowest BCUT2D eigenvalue weighted by atomic mass is 9.47. The Morgan fingerprint density at radius 3 is 2.71 bits per heavy atom. The second-order valence-electron chi connectivity index (χ2n) is 8.86. The molecule has 0 aromatic carbocycles. The molecular weight excluding hydrogens is 300 g/mol. The van der Waals surface area contributed by atoms with Gasteiger partial charge in [0, 0.05) is 6.42 Å². The van der Waals surface area contributed by atoms with E-state index in [-0.39, 0.29) is 23.2 Å². The maximum absolute atomic E-state index is 12.2. The van der Waals surface area contributed by atoms with Crippen molar-refractivity contribution in [1.29, 1.82) is 0 Å². The highest BCUT2D eigenvalue weighted by Gasteiger charge is 2.57. The zero-order valence-corrected chi connectivity index (χ0v) is 14.8. The summed E-state index contributed by atoms with van der Waals surface area (Å²) >= 11 is 0. The standard InChI is InChI=1S/C21H28O3/c1-20-9-7-14(23)11-13(20)3-4-15-16-5-6-18(19(24)12-22)21(16,2)10-8-17(15)20/h6,11,15-17,22H,3-5,7-10,12H2,1-2H3/t15-,16+,17-,20-,21-/m0/s1. The molecular formula is C21H28O3. The number of ketones is 2. The van der Waals surface area contributed by atoms with Crippen molar-refractivity contribution < 1.29 is 14.7 Å². The molecule has 2 saturated carbocycles. The highest BCUT2D eigenvalue weighted by atomic mass is 16.3. The van der Waals surface area contributed by atoms with Gasteiger partial charge in [0.25, 0.3) is 0 Å². The van der Waals surface area contributed by atoms with Crippen molar-refractivity contribution >= 4 is 11.6 Å². The largest absolute Gasteiger partial charge is 0.388 e. The minimum Gasteiger partial charge on any atom is -0.388 e. The molecule has 4 aliphatic carbocycles. The first-order valence-corrected chi connectivity index (χ1v) is 9.49. The first-order valence-electron chi connectivity index (χ1n) is 9.49. The van der Waals surface area contributed by atoms with Crippen molar-refractivity contribution in [2.75, 3.05) is 6.61 Å². The molecule has 3 heteroatoms. The van der Waals surface area contributed by atoms with E-state index in [4.69, 9.17) is 0 Å². The Bertz CT molecular complexity index is 658. The van der Waals surface area contributed by atoms with Crippen LogP contribution in [0.3, 0.4) is 0 Å². The van der Waals surface area contributed by atoms with Crippen molar-refractivity contribution in [3.8, 4) is 0 Å². The van der Waals surface area contributed by atoms with E-state index in [1.807, 2.05) is 6.08 Å². The summed E-state index contributed by atoms with van der Waals surface area (Å²) in [6, 6.07) is 0. The zero-order chi connectivity index (χ0) is 17.1. The molecule has 0 unspecified atom stereocenters. The number of carbonyl (C=O) groups excluding carboxylic acids is 2. The molecule has 4 rings (SSSR count). The number of Topliss-reactive ketones (excluding diaryl/α,β-unsaturated/α-hetero) is 1. The van der Waals surface area contributed by atoms with Crippen LogP contribution in [0, 0.1) is 28.6 Å². The van der Waals surface area contributed by atoms with Gasteiger partial charge in [0.2, 0.25) is 0 Å². The topological polar surface area (TPSA) is 54.4 Å². The van der Waals surface area contributed by atoms with E-state index in [1.54, 1.807) is 0 Å². The molecule has 2 fully saturated rings.